The first kappa shape index (κ1) is 16.6. The van der Waals surface area contributed by atoms with Crippen LogP contribution in [0.15, 0.2) is 54.6 Å². The number of benzene rings is 2. The van der Waals surface area contributed by atoms with E-state index in [1.165, 1.54) is 24.3 Å². The van der Waals surface area contributed by atoms with Gasteiger partial charge in [-0.05, 0) is 31.7 Å². The van der Waals surface area contributed by atoms with Crippen molar-refractivity contribution in [2.24, 2.45) is 0 Å². The zero-order valence-electron chi connectivity index (χ0n) is 12.9. The molecule has 23 heavy (non-hydrogen) atoms. The molecule has 0 aliphatic heterocycles. The molecule has 0 heterocycles. The lowest BCUT2D eigenvalue weighted by Crippen LogP contribution is -2.32. The number of hydrogen-bond acceptors (Lipinski definition) is 5. The summed E-state index contributed by atoms with van der Waals surface area (Å²) in [5, 5.41) is 13.7. The third-order valence-corrected chi connectivity index (χ3v) is 3.59. The predicted molar refractivity (Wildman–Crippen MR) is 86.2 cm³/mol. The molecular weight excluding hydrogens is 296 g/mol. The molecule has 0 fully saturated rings. The molecular formula is C17H18N2O4. The van der Waals surface area contributed by atoms with Crippen LogP contribution in [0.1, 0.15) is 28.9 Å². The SMILES string of the molecule is CN[C@H](C)[C@H](OC(=O)c1ccc([N+](=O)[O-])cc1)c1ccccc1. The summed E-state index contributed by atoms with van der Waals surface area (Å²) in [6.45, 7) is 1.92. The summed E-state index contributed by atoms with van der Waals surface area (Å²) in [5.41, 5.74) is 1.09. The average Bonchev–Trinajstić information content (AvgIpc) is 2.59. The van der Waals surface area contributed by atoms with Gasteiger partial charge in [0.15, 0.2) is 0 Å². The normalized spacial score (nSPS) is 13.1. The minimum absolute atomic E-state index is 0.0650. The first-order valence-corrected chi connectivity index (χ1v) is 7.20. The van der Waals surface area contributed by atoms with Crippen molar-refractivity contribution in [3.63, 3.8) is 0 Å². The molecule has 0 saturated carbocycles. The van der Waals surface area contributed by atoms with Crippen molar-refractivity contribution < 1.29 is 14.5 Å². The van der Waals surface area contributed by atoms with E-state index < -0.39 is 17.0 Å². The molecule has 2 aromatic carbocycles. The molecule has 6 nitrogen and oxygen atoms in total. The number of rotatable bonds is 6. The van der Waals surface area contributed by atoms with Crippen LogP contribution < -0.4 is 5.32 Å². The predicted octanol–water partition coefficient (Wildman–Crippen LogP) is 3.10. The Labute approximate surface area is 134 Å². The largest absolute Gasteiger partial charge is 0.452 e. The van der Waals surface area contributed by atoms with E-state index in [1.54, 1.807) is 7.05 Å². The van der Waals surface area contributed by atoms with E-state index in [1.807, 2.05) is 37.3 Å². The molecule has 2 rings (SSSR count). The first-order chi connectivity index (χ1) is 11.0. The Morgan fingerprint density at radius 3 is 2.26 bits per heavy atom. The monoisotopic (exact) mass is 314 g/mol. The molecule has 0 bridgehead atoms. The van der Waals surface area contributed by atoms with Crippen LogP contribution in [-0.4, -0.2) is 24.0 Å². The highest BCUT2D eigenvalue weighted by molar-refractivity contribution is 5.89. The van der Waals surface area contributed by atoms with E-state index in [2.05, 4.69) is 5.32 Å². The van der Waals surface area contributed by atoms with E-state index in [-0.39, 0.29) is 17.3 Å². The smallest absolute Gasteiger partial charge is 0.338 e. The number of carbonyl (C=O) groups excluding carboxylic acids is 1. The van der Waals surface area contributed by atoms with E-state index in [4.69, 9.17) is 4.74 Å². The Bertz CT molecular complexity index is 671. The van der Waals surface area contributed by atoms with Gasteiger partial charge in [-0.25, -0.2) is 4.79 Å². The third-order valence-electron chi connectivity index (χ3n) is 3.59. The van der Waals surface area contributed by atoms with Gasteiger partial charge in [0, 0.05) is 18.2 Å². The maximum atomic E-state index is 12.3. The molecule has 6 heteroatoms. The summed E-state index contributed by atoms with van der Waals surface area (Å²) in [5.74, 6) is -0.518. The topological polar surface area (TPSA) is 81.5 Å². The van der Waals surface area contributed by atoms with Crippen LogP contribution in [-0.2, 0) is 4.74 Å². The van der Waals surface area contributed by atoms with Crippen LogP contribution in [0.3, 0.4) is 0 Å². The summed E-state index contributed by atoms with van der Waals surface area (Å²) >= 11 is 0. The number of carbonyl (C=O) groups is 1. The fourth-order valence-corrected chi connectivity index (χ4v) is 2.16. The second kappa shape index (κ2) is 7.51. The zero-order chi connectivity index (χ0) is 16.8. The molecule has 1 N–H and O–H groups in total. The van der Waals surface area contributed by atoms with Crippen LogP contribution in [0.5, 0.6) is 0 Å². The summed E-state index contributed by atoms with van der Waals surface area (Å²) in [6.07, 6.45) is -0.455. The number of nitrogens with one attached hydrogen (secondary N) is 1. The molecule has 0 aliphatic carbocycles. The summed E-state index contributed by atoms with van der Waals surface area (Å²) in [6, 6.07) is 14.7. The van der Waals surface area contributed by atoms with Crippen molar-refractivity contribution in [3.05, 3.63) is 75.8 Å². The van der Waals surface area contributed by atoms with Crippen LogP contribution in [0, 0.1) is 10.1 Å². The second-order valence-electron chi connectivity index (χ2n) is 5.12. The number of nitrogens with zero attached hydrogens (tertiary/aromatic N) is 1. The van der Waals surface area contributed by atoms with Gasteiger partial charge in [0.25, 0.3) is 5.69 Å². The van der Waals surface area contributed by atoms with Crippen LogP contribution in [0.4, 0.5) is 5.69 Å². The van der Waals surface area contributed by atoms with Crippen molar-refractivity contribution in [2.75, 3.05) is 7.05 Å². The van der Waals surface area contributed by atoms with E-state index in [0.717, 1.165) is 5.56 Å². The summed E-state index contributed by atoms with van der Waals surface area (Å²) in [4.78, 5) is 22.5. The minimum atomic E-state index is -0.518. The summed E-state index contributed by atoms with van der Waals surface area (Å²) < 4.78 is 5.60. The number of non-ortho nitro benzene ring substituents is 1. The lowest BCUT2D eigenvalue weighted by Gasteiger charge is -2.24. The Balaban J connectivity index is 2.19. The highest BCUT2D eigenvalue weighted by Gasteiger charge is 2.23. The lowest BCUT2D eigenvalue weighted by atomic mass is 10.0. The molecule has 0 aliphatic rings. The molecule has 0 amide bonds. The minimum Gasteiger partial charge on any atom is -0.452 e. The quantitative estimate of drug-likeness (QED) is 0.503. The molecule has 2 atom stereocenters. The van der Waals surface area contributed by atoms with E-state index in [9.17, 15) is 14.9 Å². The highest BCUT2D eigenvalue weighted by atomic mass is 16.6. The van der Waals surface area contributed by atoms with Crippen molar-refractivity contribution in [1.82, 2.24) is 5.32 Å². The van der Waals surface area contributed by atoms with Crippen molar-refractivity contribution in [1.29, 1.82) is 0 Å². The Hall–Kier alpha value is -2.73. The molecule has 0 unspecified atom stereocenters. The van der Waals surface area contributed by atoms with Gasteiger partial charge in [-0.2, -0.15) is 0 Å². The zero-order valence-corrected chi connectivity index (χ0v) is 12.9. The van der Waals surface area contributed by atoms with Crippen molar-refractivity contribution in [3.8, 4) is 0 Å². The molecule has 0 aromatic heterocycles. The number of nitro benzene ring substituents is 1. The van der Waals surface area contributed by atoms with Crippen LogP contribution in [0.25, 0.3) is 0 Å². The van der Waals surface area contributed by atoms with Crippen LogP contribution in [0.2, 0.25) is 0 Å². The van der Waals surface area contributed by atoms with Crippen LogP contribution >= 0.6 is 0 Å². The van der Waals surface area contributed by atoms with Crippen molar-refractivity contribution in [2.45, 2.75) is 19.1 Å². The highest BCUT2D eigenvalue weighted by Crippen LogP contribution is 2.23. The molecule has 2 aromatic rings. The standard InChI is InChI=1S/C17H18N2O4/c1-12(18-2)16(13-6-4-3-5-7-13)23-17(20)14-8-10-15(11-9-14)19(21)22/h3-12,16,18H,1-2H3/t12-,16+/m1/s1. The van der Waals surface area contributed by atoms with Gasteiger partial charge in [0.05, 0.1) is 10.5 Å². The number of ether oxygens (including phenoxy) is 1. The molecule has 0 radical (unpaired) electrons. The fourth-order valence-electron chi connectivity index (χ4n) is 2.16. The lowest BCUT2D eigenvalue weighted by molar-refractivity contribution is -0.384. The summed E-state index contributed by atoms with van der Waals surface area (Å²) in [7, 11) is 1.79. The van der Waals surface area contributed by atoms with E-state index in [0.29, 0.717) is 0 Å². The third kappa shape index (κ3) is 4.14. The van der Waals surface area contributed by atoms with Gasteiger partial charge in [-0.1, -0.05) is 30.3 Å². The maximum absolute atomic E-state index is 12.3. The van der Waals surface area contributed by atoms with Gasteiger partial charge < -0.3 is 10.1 Å². The average molecular weight is 314 g/mol. The second-order valence-corrected chi connectivity index (χ2v) is 5.12. The Kier molecular flexibility index (Phi) is 5.43. The number of esters is 1. The number of nitro groups is 1. The number of likely N-dealkylation sites (N-methyl/N-ethyl adjacent to an activating group) is 1. The van der Waals surface area contributed by atoms with Crippen molar-refractivity contribution >= 4 is 11.7 Å². The number of hydrogen-bond donors (Lipinski definition) is 1. The maximum Gasteiger partial charge on any atom is 0.338 e. The van der Waals surface area contributed by atoms with Gasteiger partial charge >= 0.3 is 5.97 Å². The van der Waals surface area contributed by atoms with Gasteiger partial charge in [0.2, 0.25) is 0 Å². The van der Waals surface area contributed by atoms with Gasteiger partial charge in [0.1, 0.15) is 6.10 Å². The first-order valence-electron chi connectivity index (χ1n) is 7.20. The fraction of sp³-hybridized carbons (Fsp3) is 0.235. The Morgan fingerprint density at radius 1 is 1.13 bits per heavy atom. The molecule has 0 spiro atoms. The molecule has 120 valence electrons. The Morgan fingerprint density at radius 2 is 1.74 bits per heavy atom. The molecule has 0 saturated heterocycles. The van der Waals surface area contributed by atoms with E-state index >= 15 is 0 Å². The van der Waals surface area contributed by atoms with Gasteiger partial charge in [-0.15, -0.1) is 0 Å². The van der Waals surface area contributed by atoms with Gasteiger partial charge in [-0.3, -0.25) is 10.1 Å².